The highest BCUT2D eigenvalue weighted by atomic mass is 79.9. The van der Waals surface area contributed by atoms with Crippen molar-refractivity contribution >= 4 is 49.6 Å². The van der Waals surface area contributed by atoms with Crippen LogP contribution in [0, 0.1) is 5.92 Å². The number of halogens is 4. The number of anilines is 4. The Morgan fingerprint density at radius 2 is 1.90 bits per heavy atom. The second-order valence-corrected chi connectivity index (χ2v) is 8.63. The average Bonchev–Trinajstić information content (AvgIpc) is 2.75. The van der Waals surface area contributed by atoms with Crippen molar-refractivity contribution in [3.05, 3.63) is 52.6 Å². The second-order valence-electron chi connectivity index (χ2n) is 7.72. The van der Waals surface area contributed by atoms with Gasteiger partial charge in [-0.25, -0.2) is 0 Å². The molecule has 1 aliphatic rings. The Labute approximate surface area is 186 Å². The zero-order chi connectivity index (χ0) is 22.2. The number of pyridine rings is 1. The van der Waals surface area contributed by atoms with Gasteiger partial charge in [0.25, 0.3) is 0 Å². The molecule has 5 nitrogen and oxygen atoms in total. The lowest BCUT2D eigenvalue weighted by Gasteiger charge is -2.34. The summed E-state index contributed by atoms with van der Waals surface area (Å²) in [4.78, 5) is 6.02. The van der Waals surface area contributed by atoms with E-state index >= 15 is 0 Å². The Kier molecular flexibility index (Phi) is 5.98. The number of nitrogens with zero attached hydrogens (tertiary/aromatic N) is 2. The van der Waals surface area contributed by atoms with Gasteiger partial charge in [0.05, 0.1) is 28.7 Å². The molecule has 4 N–H and O–H groups in total. The van der Waals surface area contributed by atoms with E-state index in [1.165, 1.54) is 12.3 Å². The highest BCUT2D eigenvalue weighted by Crippen LogP contribution is 2.41. The maximum Gasteiger partial charge on any atom is 0.418 e. The summed E-state index contributed by atoms with van der Waals surface area (Å²) in [6.45, 7) is 1.04. The number of benzene rings is 2. The second kappa shape index (κ2) is 8.55. The maximum absolute atomic E-state index is 13.9. The summed E-state index contributed by atoms with van der Waals surface area (Å²) < 4.78 is 42.6. The zero-order valence-corrected chi connectivity index (χ0v) is 18.2. The molecule has 0 spiro atoms. The Hall–Kier alpha value is -2.52. The summed E-state index contributed by atoms with van der Waals surface area (Å²) in [5.41, 5.74) is 7.38. The number of hydrogen-bond donors (Lipinski definition) is 3. The number of rotatable bonds is 4. The lowest BCUT2D eigenvalue weighted by molar-refractivity contribution is -0.137. The van der Waals surface area contributed by atoms with Gasteiger partial charge in [0.2, 0.25) is 0 Å². The fourth-order valence-corrected chi connectivity index (χ4v) is 4.30. The summed E-state index contributed by atoms with van der Waals surface area (Å²) >= 11 is 3.41. The molecule has 0 saturated carbocycles. The van der Waals surface area contributed by atoms with Gasteiger partial charge in [-0.05, 0) is 55.2 Å². The third-order valence-corrected chi connectivity index (χ3v) is 6.14. The summed E-state index contributed by atoms with van der Waals surface area (Å²) in [6, 6.07) is 9.73. The van der Waals surface area contributed by atoms with Gasteiger partial charge >= 0.3 is 6.18 Å². The third-order valence-electron chi connectivity index (χ3n) is 5.64. The number of hydrogen-bond acceptors (Lipinski definition) is 5. The molecule has 0 bridgehead atoms. The molecular weight excluding hydrogens is 473 g/mol. The number of alkyl halides is 3. The number of fused-ring (bicyclic) bond motifs is 1. The molecular formula is C22H22BrF3N4O. The van der Waals surface area contributed by atoms with Crippen LogP contribution < -0.4 is 16.0 Å². The Morgan fingerprint density at radius 3 is 2.58 bits per heavy atom. The highest BCUT2D eigenvalue weighted by Gasteiger charge is 2.36. The van der Waals surface area contributed by atoms with Crippen molar-refractivity contribution in [3.8, 4) is 0 Å². The third kappa shape index (κ3) is 4.57. The Bertz CT molecular complexity index is 1090. The minimum atomic E-state index is -4.50. The molecule has 4 rings (SSSR count). The van der Waals surface area contributed by atoms with Crippen molar-refractivity contribution in [2.75, 3.05) is 35.6 Å². The molecule has 2 aromatic carbocycles. The van der Waals surface area contributed by atoms with Crippen LogP contribution in [0.1, 0.15) is 18.4 Å². The number of nitrogens with one attached hydrogen (secondary N) is 1. The first-order chi connectivity index (χ1) is 14.8. The van der Waals surface area contributed by atoms with E-state index in [4.69, 9.17) is 5.73 Å². The molecule has 164 valence electrons. The van der Waals surface area contributed by atoms with E-state index in [1.807, 2.05) is 18.2 Å². The predicted octanol–water partition coefficient (Wildman–Crippen LogP) is 5.55. The smallest absolute Gasteiger partial charge is 0.396 e. The molecule has 1 aromatic heterocycles. The molecule has 1 saturated heterocycles. The van der Waals surface area contributed by atoms with Gasteiger partial charge in [-0.15, -0.1) is 0 Å². The molecule has 0 amide bonds. The van der Waals surface area contributed by atoms with Crippen LogP contribution in [-0.2, 0) is 6.18 Å². The van der Waals surface area contributed by atoms with E-state index in [-0.39, 0.29) is 18.2 Å². The van der Waals surface area contributed by atoms with Crippen LogP contribution in [0.5, 0.6) is 0 Å². The summed E-state index contributed by atoms with van der Waals surface area (Å²) in [5.74, 6) is 0.147. The molecule has 2 heterocycles. The van der Waals surface area contributed by atoms with E-state index in [2.05, 4.69) is 26.2 Å². The Morgan fingerprint density at radius 1 is 1.16 bits per heavy atom. The minimum absolute atomic E-state index is 0.0697. The zero-order valence-electron chi connectivity index (χ0n) is 16.6. The largest absolute Gasteiger partial charge is 0.418 e. The molecule has 0 radical (unpaired) electrons. The van der Waals surface area contributed by atoms with Gasteiger partial charge in [-0.1, -0.05) is 15.9 Å². The van der Waals surface area contributed by atoms with Crippen molar-refractivity contribution in [1.82, 2.24) is 4.98 Å². The van der Waals surface area contributed by atoms with Crippen LogP contribution in [-0.4, -0.2) is 29.8 Å². The standard InChI is InChI=1S/C22H22BrF3N4O/c23-14-1-3-19-16(9-14)21(18(27)11-28-19)29-15-2-4-20(17(10-15)22(24,25)26)30-7-5-13(12-31)6-8-30/h1-4,9-11,13,31H,5-8,12,27H2,(H,28,29). The van der Waals surface area contributed by atoms with Gasteiger partial charge in [0, 0.05) is 40.9 Å². The first-order valence-corrected chi connectivity index (χ1v) is 10.7. The van der Waals surface area contributed by atoms with Gasteiger partial charge in [0.15, 0.2) is 0 Å². The normalized spacial score (nSPS) is 15.5. The number of piperidine rings is 1. The van der Waals surface area contributed by atoms with Crippen molar-refractivity contribution in [2.24, 2.45) is 5.92 Å². The summed E-state index contributed by atoms with van der Waals surface area (Å²) in [7, 11) is 0. The molecule has 1 aliphatic heterocycles. The van der Waals surface area contributed by atoms with E-state index in [1.54, 1.807) is 11.0 Å². The van der Waals surface area contributed by atoms with Crippen LogP contribution in [0.25, 0.3) is 10.9 Å². The van der Waals surface area contributed by atoms with E-state index in [0.29, 0.717) is 53.9 Å². The average molecular weight is 495 g/mol. The molecule has 31 heavy (non-hydrogen) atoms. The monoisotopic (exact) mass is 494 g/mol. The van der Waals surface area contributed by atoms with Crippen molar-refractivity contribution in [1.29, 1.82) is 0 Å². The molecule has 3 aromatic rings. The van der Waals surface area contributed by atoms with Gasteiger partial charge in [0.1, 0.15) is 0 Å². The first kappa shape index (κ1) is 21.7. The molecule has 9 heteroatoms. The van der Waals surface area contributed by atoms with Gasteiger partial charge < -0.3 is 21.1 Å². The van der Waals surface area contributed by atoms with Crippen LogP contribution in [0.3, 0.4) is 0 Å². The van der Waals surface area contributed by atoms with E-state index < -0.39 is 11.7 Å². The summed E-state index contributed by atoms with van der Waals surface area (Å²) in [6.07, 6.45) is -1.68. The minimum Gasteiger partial charge on any atom is -0.396 e. The molecule has 0 aliphatic carbocycles. The van der Waals surface area contributed by atoms with Gasteiger partial charge in [-0.2, -0.15) is 13.2 Å². The Balaban J connectivity index is 1.70. The number of aliphatic hydroxyl groups is 1. The molecule has 0 atom stereocenters. The van der Waals surface area contributed by atoms with Crippen molar-refractivity contribution in [3.63, 3.8) is 0 Å². The lowest BCUT2D eigenvalue weighted by Crippen LogP contribution is -2.36. The quantitative estimate of drug-likeness (QED) is 0.443. The first-order valence-electron chi connectivity index (χ1n) is 9.94. The van der Waals surface area contributed by atoms with E-state index in [0.717, 1.165) is 10.5 Å². The van der Waals surface area contributed by atoms with Crippen LogP contribution in [0.4, 0.5) is 35.9 Å². The fraction of sp³-hybridized carbons (Fsp3) is 0.318. The van der Waals surface area contributed by atoms with Crippen LogP contribution in [0.2, 0.25) is 0 Å². The van der Waals surface area contributed by atoms with E-state index in [9.17, 15) is 18.3 Å². The highest BCUT2D eigenvalue weighted by molar-refractivity contribution is 9.10. The fourth-order valence-electron chi connectivity index (χ4n) is 3.94. The maximum atomic E-state index is 13.9. The van der Waals surface area contributed by atoms with Crippen molar-refractivity contribution < 1.29 is 18.3 Å². The number of nitrogens with two attached hydrogens (primary N) is 1. The molecule has 1 fully saturated rings. The molecule has 0 unspecified atom stereocenters. The van der Waals surface area contributed by atoms with Crippen LogP contribution >= 0.6 is 15.9 Å². The van der Waals surface area contributed by atoms with Crippen LogP contribution in [0.15, 0.2) is 47.1 Å². The number of aromatic nitrogens is 1. The number of aliphatic hydroxyl groups excluding tert-OH is 1. The summed E-state index contributed by atoms with van der Waals surface area (Å²) in [5, 5.41) is 13.1. The van der Waals surface area contributed by atoms with Crippen molar-refractivity contribution in [2.45, 2.75) is 19.0 Å². The topological polar surface area (TPSA) is 74.4 Å². The number of nitrogen functional groups attached to an aromatic ring is 1. The lowest BCUT2D eigenvalue weighted by atomic mass is 9.96. The van der Waals surface area contributed by atoms with Gasteiger partial charge in [-0.3, -0.25) is 4.98 Å². The SMILES string of the molecule is Nc1cnc2ccc(Br)cc2c1Nc1ccc(N2CCC(CO)CC2)c(C(F)(F)F)c1. The predicted molar refractivity (Wildman–Crippen MR) is 121 cm³/mol.